The number of nitrogens with zero attached hydrogens (tertiary/aromatic N) is 1. The van der Waals surface area contributed by atoms with Crippen LogP contribution in [0.2, 0.25) is 0 Å². The zero-order chi connectivity index (χ0) is 32.3. The second kappa shape index (κ2) is 12.8. The van der Waals surface area contributed by atoms with Crippen LogP contribution in [-0.4, -0.2) is 40.8 Å². The van der Waals surface area contributed by atoms with Crippen LogP contribution in [0.1, 0.15) is 90.0 Å². The maximum Gasteiger partial charge on any atom is 0.514 e. The number of carbonyl (C=O) groups excluding carboxylic acids is 3. The molecule has 2 aromatic rings. The largest absolute Gasteiger partial charge is 0.514 e. The number of hydrogen-bond acceptors (Lipinski definition) is 6. The second-order valence-corrected chi connectivity index (χ2v) is 13.5. The molecule has 0 saturated carbocycles. The molecule has 1 aliphatic heterocycles. The lowest BCUT2D eigenvalue weighted by Crippen LogP contribution is -2.60. The van der Waals surface area contributed by atoms with E-state index in [1.54, 1.807) is 38.7 Å². The first kappa shape index (κ1) is 33.7. The lowest BCUT2D eigenvalue weighted by Gasteiger charge is -2.42. The molecular formula is C35H48N2O6. The quantitative estimate of drug-likeness (QED) is 0.197. The third-order valence-corrected chi connectivity index (χ3v) is 7.53. The highest BCUT2D eigenvalue weighted by atomic mass is 16.7. The fraction of sp³-hybridized carbons (Fsp3) is 0.514. The third kappa shape index (κ3) is 7.98. The van der Waals surface area contributed by atoms with Gasteiger partial charge >= 0.3 is 6.16 Å². The number of ether oxygens (including phenoxy) is 3. The molecule has 2 amide bonds. The minimum Gasteiger partial charge on any atom is -0.477 e. The predicted octanol–water partition coefficient (Wildman–Crippen LogP) is 7.29. The number of fused-ring (bicyclic) bond motifs is 1. The predicted molar refractivity (Wildman–Crippen MR) is 170 cm³/mol. The molecule has 1 N–H and O–H groups in total. The molecule has 1 heterocycles. The zero-order valence-electron chi connectivity index (χ0n) is 27.5. The van der Waals surface area contributed by atoms with E-state index < -0.39 is 28.9 Å². The van der Waals surface area contributed by atoms with Crippen molar-refractivity contribution in [2.75, 3.05) is 4.90 Å². The smallest absolute Gasteiger partial charge is 0.477 e. The molecule has 3 rings (SSSR count). The minimum atomic E-state index is -1.26. The van der Waals surface area contributed by atoms with E-state index in [4.69, 9.17) is 14.2 Å². The van der Waals surface area contributed by atoms with Crippen LogP contribution in [-0.2, 0) is 20.7 Å². The van der Waals surface area contributed by atoms with Crippen LogP contribution in [0.25, 0.3) is 0 Å². The van der Waals surface area contributed by atoms with Gasteiger partial charge in [-0.2, -0.15) is 0 Å². The van der Waals surface area contributed by atoms with Crippen LogP contribution in [0, 0.1) is 20.8 Å². The molecule has 234 valence electrons. The van der Waals surface area contributed by atoms with Gasteiger partial charge in [0.05, 0.1) is 0 Å². The van der Waals surface area contributed by atoms with Crippen LogP contribution in [0.15, 0.2) is 43.0 Å². The molecule has 2 atom stereocenters. The molecule has 0 aliphatic carbocycles. The fourth-order valence-electron chi connectivity index (χ4n) is 5.28. The summed E-state index contributed by atoms with van der Waals surface area (Å²) in [5, 5.41) is 3.06. The number of carbonyl (C=O) groups is 3. The molecule has 43 heavy (non-hydrogen) atoms. The van der Waals surface area contributed by atoms with Crippen molar-refractivity contribution in [1.82, 2.24) is 5.32 Å². The molecule has 0 aromatic heterocycles. The lowest BCUT2D eigenvalue weighted by molar-refractivity contribution is -0.137. The summed E-state index contributed by atoms with van der Waals surface area (Å²) in [4.78, 5) is 42.5. The van der Waals surface area contributed by atoms with E-state index in [1.807, 2.05) is 71.9 Å². The van der Waals surface area contributed by atoms with E-state index in [2.05, 4.69) is 11.9 Å². The van der Waals surface area contributed by atoms with Gasteiger partial charge < -0.3 is 19.5 Å². The Kier molecular flexibility index (Phi) is 10.0. The number of allylic oxidation sites excluding steroid dienone is 1. The Morgan fingerprint density at radius 2 is 1.67 bits per heavy atom. The highest BCUT2D eigenvalue weighted by Gasteiger charge is 2.46. The molecule has 2 unspecified atom stereocenters. The molecule has 0 bridgehead atoms. The van der Waals surface area contributed by atoms with Gasteiger partial charge in [-0.3, -0.25) is 14.5 Å². The van der Waals surface area contributed by atoms with Crippen molar-refractivity contribution in [3.63, 3.8) is 0 Å². The van der Waals surface area contributed by atoms with Gasteiger partial charge in [0.25, 0.3) is 5.91 Å². The van der Waals surface area contributed by atoms with Crippen molar-refractivity contribution in [3.8, 4) is 11.5 Å². The molecule has 0 radical (unpaired) electrons. The fourth-order valence-corrected chi connectivity index (χ4v) is 5.28. The average Bonchev–Trinajstić information content (AvgIpc) is 2.90. The number of para-hydroxylation sites is 1. The first-order valence-electron chi connectivity index (χ1n) is 14.9. The van der Waals surface area contributed by atoms with Gasteiger partial charge in [0.2, 0.25) is 5.91 Å². The van der Waals surface area contributed by atoms with Gasteiger partial charge in [0.1, 0.15) is 23.1 Å². The summed E-state index contributed by atoms with van der Waals surface area (Å²) in [5.74, 6) is 0.506. The number of benzene rings is 2. The molecular weight excluding hydrogens is 544 g/mol. The number of nitrogens with one attached hydrogen (secondary N) is 1. The maximum absolute atomic E-state index is 14.6. The van der Waals surface area contributed by atoms with E-state index in [1.165, 1.54) is 0 Å². The lowest BCUT2D eigenvalue weighted by atomic mass is 9.86. The first-order chi connectivity index (χ1) is 19.9. The van der Waals surface area contributed by atoms with Gasteiger partial charge in [-0.15, -0.1) is 6.58 Å². The Morgan fingerprint density at radius 1 is 1.05 bits per heavy atom. The topological polar surface area (TPSA) is 94.2 Å². The van der Waals surface area contributed by atoms with E-state index in [9.17, 15) is 14.4 Å². The molecule has 2 aromatic carbocycles. The summed E-state index contributed by atoms with van der Waals surface area (Å²) in [7, 11) is 0. The first-order valence-corrected chi connectivity index (χ1v) is 14.9. The summed E-state index contributed by atoms with van der Waals surface area (Å²) in [6.07, 6.45) is 2.83. The van der Waals surface area contributed by atoms with Gasteiger partial charge in [0.15, 0.2) is 5.60 Å². The Bertz CT molecular complexity index is 1370. The number of hydrogen-bond donors (Lipinski definition) is 1. The summed E-state index contributed by atoms with van der Waals surface area (Å²) >= 11 is 0. The van der Waals surface area contributed by atoms with Crippen molar-refractivity contribution < 1.29 is 28.6 Å². The SMILES string of the molecule is C=CCCC(C(=O)NC(C)(C)C)N(C(=O)C1(C)CCc2c(C)c(OC(=O)OC(C)(C)C)c(C)c(C)c2O1)c1ccccc1. The van der Waals surface area contributed by atoms with Crippen molar-refractivity contribution in [2.24, 2.45) is 0 Å². The zero-order valence-corrected chi connectivity index (χ0v) is 27.5. The Labute approximate surface area is 256 Å². The number of amides is 2. The second-order valence-electron chi connectivity index (χ2n) is 13.5. The Hall–Kier alpha value is -3.81. The molecule has 0 saturated heterocycles. The van der Waals surface area contributed by atoms with Gasteiger partial charge in [-0.1, -0.05) is 24.3 Å². The van der Waals surface area contributed by atoms with E-state index in [0.717, 1.165) is 22.3 Å². The minimum absolute atomic E-state index is 0.238. The summed E-state index contributed by atoms with van der Waals surface area (Å²) in [6, 6.07) is 8.48. The molecule has 8 heteroatoms. The molecule has 0 spiro atoms. The highest BCUT2D eigenvalue weighted by Crippen LogP contribution is 2.45. The molecule has 8 nitrogen and oxygen atoms in total. The summed E-state index contributed by atoms with van der Waals surface area (Å²) < 4.78 is 17.7. The molecule has 1 aliphatic rings. The molecule has 0 fully saturated rings. The Balaban J connectivity index is 2.05. The third-order valence-electron chi connectivity index (χ3n) is 7.53. The van der Waals surface area contributed by atoms with Crippen molar-refractivity contribution in [2.45, 2.75) is 118 Å². The monoisotopic (exact) mass is 592 g/mol. The summed E-state index contributed by atoms with van der Waals surface area (Å²) in [6.45, 7) is 22.4. The van der Waals surface area contributed by atoms with Gasteiger partial charge in [-0.25, -0.2) is 4.79 Å². The summed E-state index contributed by atoms with van der Waals surface area (Å²) in [5.41, 5.74) is 1.35. The van der Waals surface area contributed by atoms with E-state index in [0.29, 0.717) is 42.9 Å². The average molecular weight is 593 g/mol. The van der Waals surface area contributed by atoms with Gasteiger partial charge in [-0.05, 0) is 117 Å². The van der Waals surface area contributed by atoms with Crippen molar-refractivity contribution in [3.05, 3.63) is 65.2 Å². The van der Waals surface area contributed by atoms with E-state index >= 15 is 0 Å². The van der Waals surface area contributed by atoms with Crippen LogP contribution in [0.3, 0.4) is 0 Å². The Morgan fingerprint density at radius 3 is 2.23 bits per heavy atom. The van der Waals surface area contributed by atoms with Crippen LogP contribution in [0.5, 0.6) is 11.5 Å². The van der Waals surface area contributed by atoms with Crippen LogP contribution in [0.4, 0.5) is 10.5 Å². The van der Waals surface area contributed by atoms with E-state index in [-0.39, 0.29) is 11.8 Å². The normalized spacial score (nSPS) is 17.2. The number of rotatable bonds is 8. The van der Waals surface area contributed by atoms with Crippen LogP contribution < -0.4 is 19.7 Å². The maximum atomic E-state index is 14.6. The van der Waals surface area contributed by atoms with Crippen molar-refractivity contribution >= 4 is 23.7 Å². The highest BCUT2D eigenvalue weighted by molar-refractivity contribution is 6.05. The number of anilines is 1. The van der Waals surface area contributed by atoms with Crippen LogP contribution >= 0.6 is 0 Å². The van der Waals surface area contributed by atoms with Crippen molar-refractivity contribution in [1.29, 1.82) is 0 Å². The standard InChI is InChI=1S/C35H48N2O6/c1-12-13-19-27(30(38)36-33(5,6)7)37(25-17-15-14-16-18-25)31(39)35(11)21-20-26-24(4)28(22(2)23(3)29(26)42-35)41-32(40)43-34(8,9)10/h12,14-18,27H,1,13,19-21H2,2-11H3,(H,36,38). The van der Waals surface area contributed by atoms with Gasteiger partial charge in [0, 0.05) is 23.2 Å².